The van der Waals surface area contributed by atoms with Crippen LogP contribution in [0.2, 0.25) is 0 Å². The van der Waals surface area contributed by atoms with Crippen LogP contribution in [0.3, 0.4) is 0 Å². The average Bonchev–Trinajstić information content (AvgIpc) is 2.28. The molecule has 0 aromatic heterocycles. The van der Waals surface area contributed by atoms with E-state index in [4.69, 9.17) is 10.4 Å². The van der Waals surface area contributed by atoms with E-state index in [0.717, 1.165) is 18.2 Å². The van der Waals surface area contributed by atoms with Crippen molar-refractivity contribution in [3.8, 4) is 6.07 Å². The third-order valence-corrected chi connectivity index (χ3v) is 1.78. The highest BCUT2D eigenvalue weighted by atomic mass is 16.6. The van der Waals surface area contributed by atoms with E-state index in [0.29, 0.717) is 0 Å². The third-order valence-electron chi connectivity index (χ3n) is 1.78. The van der Waals surface area contributed by atoms with Crippen LogP contribution in [0.5, 0.6) is 0 Å². The van der Waals surface area contributed by atoms with Gasteiger partial charge in [-0.3, -0.25) is 14.9 Å². The molecule has 1 aromatic carbocycles. The molecule has 0 aliphatic rings. The van der Waals surface area contributed by atoms with E-state index in [9.17, 15) is 19.7 Å². The molecule has 0 spiro atoms. The van der Waals surface area contributed by atoms with Gasteiger partial charge in [0, 0.05) is 12.1 Å². The van der Waals surface area contributed by atoms with E-state index in [2.05, 4.69) is 0 Å². The minimum absolute atomic E-state index is 0.0921. The summed E-state index contributed by atoms with van der Waals surface area (Å²) in [5.74, 6) is -3.04. The summed E-state index contributed by atoms with van der Waals surface area (Å²) in [6.45, 7) is 0. The number of aliphatic carboxylic acids is 1. The van der Waals surface area contributed by atoms with E-state index in [1.54, 1.807) is 6.07 Å². The standard InChI is InChI=1S/C9H5N3O5/c10-4-5-3-6(12(16)17)1-2-7(5)11-8(13)9(14)15/h1-3H,(H,11,13)(H,14,15). The zero-order valence-electron chi connectivity index (χ0n) is 8.21. The van der Waals surface area contributed by atoms with Gasteiger partial charge in [-0.05, 0) is 6.07 Å². The number of nitriles is 1. The maximum atomic E-state index is 10.8. The largest absolute Gasteiger partial charge is 0.474 e. The van der Waals surface area contributed by atoms with Crippen molar-refractivity contribution in [1.82, 2.24) is 0 Å². The van der Waals surface area contributed by atoms with Crippen LogP contribution in [0.15, 0.2) is 18.2 Å². The molecule has 0 radical (unpaired) electrons. The predicted octanol–water partition coefficient (Wildman–Crippen LogP) is 0.490. The molecule has 0 bridgehead atoms. The molecule has 0 heterocycles. The molecule has 8 heteroatoms. The number of nitro groups is 1. The van der Waals surface area contributed by atoms with Gasteiger partial charge in [0.15, 0.2) is 0 Å². The number of nitro benzene ring substituents is 1. The Bertz CT molecular complexity index is 546. The first-order valence-electron chi connectivity index (χ1n) is 4.18. The second-order valence-corrected chi connectivity index (χ2v) is 2.86. The molecule has 1 amide bonds. The van der Waals surface area contributed by atoms with Crippen LogP contribution in [0, 0.1) is 21.4 Å². The topological polar surface area (TPSA) is 133 Å². The summed E-state index contributed by atoms with van der Waals surface area (Å²) in [6.07, 6.45) is 0. The number of hydrogen-bond acceptors (Lipinski definition) is 5. The van der Waals surface area contributed by atoms with Crippen LogP contribution in [-0.4, -0.2) is 21.9 Å². The molecule has 0 saturated carbocycles. The van der Waals surface area contributed by atoms with Crippen LogP contribution < -0.4 is 5.32 Å². The summed E-state index contributed by atoms with van der Waals surface area (Å²) in [5, 5.41) is 29.4. The molecule has 86 valence electrons. The van der Waals surface area contributed by atoms with Crippen LogP contribution in [0.4, 0.5) is 11.4 Å². The van der Waals surface area contributed by atoms with E-state index in [1.807, 2.05) is 5.32 Å². The normalized spacial score (nSPS) is 9.12. The molecular formula is C9H5N3O5. The zero-order valence-corrected chi connectivity index (χ0v) is 8.21. The number of hydrogen-bond donors (Lipinski definition) is 2. The Labute approximate surface area is 94.2 Å². The fraction of sp³-hybridized carbons (Fsp3) is 0. The smallest absolute Gasteiger partial charge is 0.394 e. The van der Waals surface area contributed by atoms with Crippen molar-refractivity contribution >= 4 is 23.3 Å². The molecule has 1 aromatic rings. The van der Waals surface area contributed by atoms with Crippen LogP contribution in [-0.2, 0) is 9.59 Å². The number of non-ortho nitro benzene ring substituents is 1. The van der Waals surface area contributed by atoms with E-state index >= 15 is 0 Å². The summed E-state index contributed by atoms with van der Waals surface area (Å²) in [7, 11) is 0. The summed E-state index contributed by atoms with van der Waals surface area (Å²) >= 11 is 0. The Morgan fingerprint density at radius 2 is 2.12 bits per heavy atom. The third kappa shape index (κ3) is 2.75. The van der Waals surface area contributed by atoms with Crippen molar-refractivity contribution < 1.29 is 19.6 Å². The summed E-state index contributed by atoms with van der Waals surface area (Å²) < 4.78 is 0. The summed E-state index contributed by atoms with van der Waals surface area (Å²) in [5.41, 5.74) is -0.603. The highest BCUT2D eigenvalue weighted by Gasteiger charge is 2.16. The minimum Gasteiger partial charge on any atom is -0.474 e. The van der Waals surface area contributed by atoms with Gasteiger partial charge in [-0.15, -0.1) is 0 Å². The number of anilines is 1. The fourth-order valence-electron chi connectivity index (χ4n) is 1.02. The number of nitrogens with zero attached hydrogens (tertiary/aromatic N) is 2. The first-order chi connectivity index (χ1) is 7.95. The Balaban J connectivity index is 3.10. The van der Waals surface area contributed by atoms with E-state index in [1.165, 1.54) is 0 Å². The SMILES string of the molecule is N#Cc1cc([N+](=O)[O-])ccc1NC(=O)C(=O)O. The Morgan fingerprint density at radius 3 is 2.59 bits per heavy atom. The van der Waals surface area contributed by atoms with Crippen molar-refractivity contribution in [3.63, 3.8) is 0 Å². The van der Waals surface area contributed by atoms with Crippen molar-refractivity contribution in [2.75, 3.05) is 5.32 Å². The molecule has 0 aliphatic heterocycles. The first-order valence-corrected chi connectivity index (χ1v) is 4.18. The monoisotopic (exact) mass is 235 g/mol. The van der Waals surface area contributed by atoms with Gasteiger partial charge in [-0.1, -0.05) is 0 Å². The van der Waals surface area contributed by atoms with Gasteiger partial charge < -0.3 is 10.4 Å². The second-order valence-electron chi connectivity index (χ2n) is 2.86. The zero-order chi connectivity index (χ0) is 13.0. The lowest BCUT2D eigenvalue weighted by Gasteiger charge is -2.03. The molecule has 0 aliphatic carbocycles. The highest BCUT2D eigenvalue weighted by molar-refractivity contribution is 6.36. The molecular weight excluding hydrogens is 230 g/mol. The second kappa shape index (κ2) is 4.71. The number of nitrogens with one attached hydrogen (secondary N) is 1. The van der Waals surface area contributed by atoms with Gasteiger partial charge in [0.05, 0.1) is 16.2 Å². The van der Waals surface area contributed by atoms with Gasteiger partial charge in [0.1, 0.15) is 6.07 Å². The fourth-order valence-corrected chi connectivity index (χ4v) is 1.02. The van der Waals surface area contributed by atoms with E-state index in [-0.39, 0.29) is 16.9 Å². The van der Waals surface area contributed by atoms with Gasteiger partial charge in [0.2, 0.25) is 0 Å². The van der Waals surface area contributed by atoms with Gasteiger partial charge in [-0.2, -0.15) is 5.26 Å². The average molecular weight is 235 g/mol. The highest BCUT2D eigenvalue weighted by Crippen LogP contribution is 2.21. The maximum absolute atomic E-state index is 10.8. The summed E-state index contributed by atoms with van der Waals surface area (Å²) in [6, 6.07) is 4.71. The Kier molecular flexibility index (Phi) is 3.36. The lowest BCUT2D eigenvalue weighted by atomic mass is 10.1. The molecule has 1 rings (SSSR count). The van der Waals surface area contributed by atoms with Crippen molar-refractivity contribution in [3.05, 3.63) is 33.9 Å². The van der Waals surface area contributed by atoms with E-state index < -0.39 is 16.8 Å². The number of carboxylic acids is 1. The number of amides is 1. The molecule has 8 nitrogen and oxygen atoms in total. The quantitative estimate of drug-likeness (QED) is 0.435. The number of carbonyl (C=O) groups is 2. The van der Waals surface area contributed by atoms with Crippen LogP contribution >= 0.6 is 0 Å². The lowest BCUT2D eigenvalue weighted by molar-refractivity contribution is -0.384. The van der Waals surface area contributed by atoms with Crippen molar-refractivity contribution in [2.24, 2.45) is 0 Å². The van der Waals surface area contributed by atoms with Crippen LogP contribution in [0.1, 0.15) is 5.56 Å². The number of benzene rings is 1. The van der Waals surface area contributed by atoms with Gasteiger partial charge in [-0.25, -0.2) is 4.79 Å². The predicted molar refractivity (Wildman–Crippen MR) is 54.1 cm³/mol. The minimum atomic E-state index is -1.72. The maximum Gasteiger partial charge on any atom is 0.394 e. The Hall–Kier alpha value is -2.95. The molecule has 0 saturated heterocycles. The summed E-state index contributed by atoms with van der Waals surface area (Å²) in [4.78, 5) is 30.8. The first kappa shape index (κ1) is 12.1. The lowest BCUT2D eigenvalue weighted by Crippen LogP contribution is -2.22. The van der Waals surface area contributed by atoms with Gasteiger partial charge in [0.25, 0.3) is 5.69 Å². The molecule has 0 atom stereocenters. The molecule has 2 N–H and O–H groups in total. The van der Waals surface area contributed by atoms with Crippen molar-refractivity contribution in [1.29, 1.82) is 5.26 Å². The molecule has 17 heavy (non-hydrogen) atoms. The van der Waals surface area contributed by atoms with Crippen LogP contribution in [0.25, 0.3) is 0 Å². The van der Waals surface area contributed by atoms with Crippen molar-refractivity contribution in [2.45, 2.75) is 0 Å². The Morgan fingerprint density at radius 1 is 1.47 bits per heavy atom. The molecule has 0 fully saturated rings. The van der Waals surface area contributed by atoms with Gasteiger partial charge >= 0.3 is 11.9 Å². The number of carbonyl (C=O) groups excluding carboxylic acids is 1. The number of rotatable bonds is 2. The molecule has 0 unspecified atom stereocenters. The number of carboxylic acid groups (broad SMARTS) is 1.